The second-order valence-corrected chi connectivity index (χ2v) is 8.53. The molecule has 0 radical (unpaired) electrons. The van der Waals surface area contributed by atoms with Crippen LogP contribution in [-0.2, 0) is 28.9 Å². The van der Waals surface area contributed by atoms with Crippen molar-refractivity contribution in [1.29, 1.82) is 0 Å². The summed E-state index contributed by atoms with van der Waals surface area (Å²) in [6, 6.07) is 15.5. The van der Waals surface area contributed by atoms with Gasteiger partial charge in [0.2, 0.25) is 5.91 Å². The molecule has 0 saturated carbocycles. The molecular formula is C24H27N3O3S. The standard InChI is InChI=1S/C24H27N3O3S/c28-22-6-4-18(5-7-22)8-9-25-23(29)15-21-17-31-24(26-21)20-3-1-2-19(14-20)16-27-10-12-30-13-11-27/h1-7,14,17,28H,8-13,15-16H2,(H,25,29). The number of ether oxygens (including phenoxy) is 1. The van der Waals surface area contributed by atoms with E-state index in [2.05, 4.69) is 39.5 Å². The first-order chi connectivity index (χ1) is 15.2. The fraction of sp³-hybridized carbons (Fsp3) is 0.333. The molecule has 1 amide bonds. The van der Waals surface area contributed by atoms with Crippen molar-refractivity contribution >= 4 is 17.2 Å². The van der Waals surface area contributed by atoms with Crippen molar-refractivity contribution in [3.8, 4) is 16.3 Å². The lowest BCUT2D eigenvalue weighted by Crippen LogP contribution is -2.35. The van der Waals surface area contributed by atoms with Crippen LogP contribution in [0.25, 0.3) is 10.6 Å². The lowest BCUT2D eigenvalue weighted by atomic mass is 10.1. The summed E-state index contributed by atoms with van der Waals surface area (Å²) >= 11 is 1.57. The van der Waals surface area contributed by atoms with E-state index in [9.17, 15) is 9.90 Å². The summed E-state index contributed by atoms with van der Waals surface area (Å²) in [7, 11) is 0. The minimum absolute atomic E-state index is 0.0308. The van der Waals surface area contributed by atoms with Crippen molar-refractivity contribution < 1.29 is 14.6 Å². The molecule has 1 aromatic heterocycles. The molecule has 7 heteroatoms. The van der Waals surface area contributed by atoms with E-state index in [-0.39, 0.29) is 18.1 Å². The zero-order valence-corrected chi connectivity index (χ0v) is 18.2. The lowest BCUT2D eigenvalue weighted by Gasteiger charge is -2.26. The van der Waals surface area contributed by atoms with Gasteiger partial charge in [-0.1, -0.05) is 30.3 Å². The third kappa shape index (κ3) is 6.37. The fourth-order valence-electron chi connectivity index (χ4n) is 3.58. The van der Waals surface area contributed by atoms with Crippen molar-refractivity contribution in [3.05, 3.63) is 70.7 Å². The molecule has 2 aromatic carbocycles. The van der Waals surface area contributed by atoms with Gasteiger partial charge in [-0.2, -0.15) is 0 Å². The Morgan fingerprint density at radius 3 is 2.74 bits per heavy atom. The number of aromatic hydroxyl groups is 1. The Balaban J connectivity index is 1.29. The predicted octanol–water partition coefficient (Wildman–Crippen LogP) is 3.25. The third-order valence-corrected chi connectivity index (χ3v) is 6.19. The normalized spacial score (nSPS) is 14.5. The van der Waals surface area contributed by atoms with Gasteiger partial charge in [0.1, 0.15) is 10.8 Å². The van der Waals surface area contributed by atoms with Gasteiger partial charge >= 0.3 is 0 Å². The monoisotopic (exact) mass is 437 g/mol. The number of carbonyl (C=O) groups is 1. The van der Waals surface area contributed by atoms with Crippen molar-refractivity contribution in [2.75, 3.05) is 32.8 Å². The number of carbonyl (C=O) groups excluding carboxylic acids is 1. The first-order valence-electron chi connectivity index (χ1n) is 10.5. The molecule has 2 N–H and O–H groups in total. The highest BCUT2D eigenvalue weighted by atomic mass is 32.1. The number of thiazole rings is 1. The molecule has 0 bridgehead atoms. The van der Waals surface area contributed by atoms with Crippen LogP contribution < -0.4 is 5.32 Å². The summed E-state index contributed by atoms with van der Waals surface area (Å²) < 4.78 is 5.42. The second-order valence-electron chi connectivity index (χ2n) is 7.68. The van der Waals surface area contributed by atoms with E-state index in [1.807, 2.05) is 17.5 Å². The predicted molar refractivity (Wildman–Crippen MR) is 122 cm³/mol. The van der Waals surface area contributed by atoms with Gasteiger partial charge in [-0.05, 0) is 35.7 Å². The van der Waals surface area contributed by atoms with E-state index in [1.54, 1.807) is 23.5 Å². The summed E-state index contributed by atoms with van der Waals surface area (Å²) in [5, 5.41) is 15.2. The smallest absolute Gasteiger partial charge is 0.226 e. The van der Waals surface area contributed by atoms with E-state index in [4.69, 9.17) is 4.74 Å². The highest BCUT2D eigenvalue weighted by Crippen LogP contribution is 2.25. The molecule has 0 unspecified atom stereocenters. The molecule has 3 aromatic rings. The Kier molecular flexibility index (Phi) is 7.30. The van der Waals surface area contributed by atoms with E-state index in [0.29, 0.717) is 6.54 Å². The van der Waals surface area contributed by atoms with Crippen molar-refractivity contribution in [3.63, 3.8) is 0 Å². The van der Waals surface area contributed by atoms with Gasteiger partial charge < -0.3 is 15.2 Å². The molecule has 4 rings (SSSR count). The van der Waals surface area contributed by atoms with Crippen LogP contribution in [0.5, 0.6) is 5.75 Å². The summed E-state index contributed by atoms with van der Waals surface area (Å²) in [4.78, 5) is 19.4. The molecule has 0 spiro atoms. The van der Waals surface area contributed by atoms with Crippen LogP contribution in [0, 0.1) is 0 Å². The van der Waals surface area contributed by atoms with Gasteiger partial charge in [0.25, 0.3) is 0 Å². The van der Waals surface area contributed by atoms with Crippen LogP contribution in [0.1, 0.15) is 16.8 Å². The minimum Gasteiger partial charge on any atom is -0.508 e. The molecule has 1 aliphatic rings. The highest BCUT2D eigenvalue weighted by molar-refractivity contribution is 7.13. The number of hydrogen-bond donors (Lipinski definition) is 2. The average Bonchev–Trinajstić information content (AvgIpc) is 3.24. The van der Waals surface area contributed by atoms with Gasteiger partial charge in [0.15, 0.2) is 0 Å². The number of amides is 1. The van der Waals surface area contributed by atoms with Crippen LogP contribution in [0.3, 0.4) is 0 Å². The van der Waals surface area contributed by atoms with Crippen molar-refractivity contribution in [2.45, 2.75) is 19.4 Å². The van der Waals surface area contributed by atoms with Crippen LogP contribution in [0.4, 0.5) is 0 Å². The Bertz CT molecular complexity index is 997. The second kappa shape index (κ2) is 10.5. The average molecular weight is 438 g/mol. The lowest BCUT2D eigenvalue weighted by molar-refractivity contribution is -0.120. The van der Waals surface area contributed by atoms with Crippen LogP contribution in [0.15, 0.2) is 53.9 Å². The van der Waals surface area contributed by atoms with Gasteiger partial charge in [0.05, 0.1) is 25.3 Å². The van der Waals surface area contributed by atoms with Crippen LogP contribution in [0.2, 0.25) is 0 Å². The number of benzene rings is 2. The molecule has 162 valence electrons. The van der Waals surface area contributed by atoms with Crippen LogP contribution >= 0.6 is 11.3 Å². The molecule has 0 aliphatic carbocycles. The zero-order valence-electron chi connectivity index (χ0n) is 17.4. The molecule has 1 fully saturated rings. The SMILES string of the molecule is O=C(Cc1csc(-c2cccc(CN3CCOCC3)c2)n1)NCCc1ccc(O)cc1. The molecular weight excluding hydrogens is 410 g/mol. The van der Waals surface area contributed by atoms with Gasteiger partial charge in [0, 0.05) is 37.1 Å². The van der Waals surface area contributed by atoms with Gasteiger partial charge in [-0.3, -0.25) is 9.69 Å². The number of aromatic nitrogens is 1. The molecule has 6 nitrogen and oxygen atoms in total. The number of nitrogens with zero attached hydrogens (tertiary/aromatic N) is 2. The number of nitrogens with one attached hydrogen (secondary N) is 1. The summed E-state index contributed by atoms with van der Waals surface area (Å²) in [6.07, 6.45) is 1.00. The molecule has 2 heterocycles. The highest BCUT2D eigenvalue weighted by Gasteiger charge is 2.13. The maximum atomic E-state index is 12.3. The van der Waals surface area contributed by atoms with Crippen LogP contribution in [-0.4, -0.2) is 53.7 Å². The molecule has 31 heavy (non-hydrogen) atoms. The largest absolute Gasteiger partial charge is 0.508 e. The fourth-order valence-corrected chi connectivity index (χ4v) is 4.39. The maximum Gasteiger partial charge on any atom is 0.226 e. The first-order valence-corrected chi connectivity index (χ1v) is 11.4. The van der Waals surface area contributed by atoms with E-state index >= 15 is 0 Å². The minimum atomic E-state index is -0.0308. The van der Waals surface area contributed by atoms with E-state index in [1.165, 1.54) is 5.56 Å². The Morgan fingerprint density at radius 1 is 1.13 bits per heavy atom. The van der Waals surface area contributed by atoms with E-state index in [0.717, 1.165) is 61.1 Å². The van der Waals surface area contributed by atoms with Gasteiger partial charge in [-0.15, -0.1) is 11.3 Å². The maximum absolute atomic E-state index is 12.3. The Labute approximate surface area is 186 Å². The quantitative estimate of drug-likeness (QED) is 0.566. The zero-order chi connectivity index (χ0) is 21.5. The van der Waals surface area contributed by atoms with Crippen molar-refractivity contribution in [1.82, 2.24) is 15.2 Å². The number of rotatable bonds is 8. The topological polar surface area (TPSA) is 74.7 Å². The number of phenols is 1. The third-order valence-electron chi connectivity index (χ3n) is 5.25. The van der Waals surface area contributed by atoms with Gasteiger partial charge in [-0.25, -0.2) is 4.98 Å². The molecule has 1 aliphatic heterocycles. The summed E-state index contributed by atoms with van der Waals surface area (Å²) in [6.45, 7) is 5.00. The summed E-state index contributed by atoms with van der Waals surface area (Å²) in [5.41, 5.74) is 4.23. The Hall–Kier alpha value is -2.74. The molecule has 0 atom stereocenters. The number of morpholine rings is 1. The first kappa shape index (κ1) is 21.5. The number of hydrogen-bond acceptors (Lipinski definition) is 6. The van der Waals surface area contributed by atoms with E-state index < -0.39 is 0 Å². The molecule has 1 saturated heterocycles. The number of phenolic OH excluding ortho intramolecular Hbond substituents is 1. The summed E-state index contributed by atoms with van der Waals surface area (Å²) in [5.74, 6) is 0.218. The van der Waals surface area contributed by atoms with Crippen molar-refractivity contribution in [2.24, 2.45) is 0 Å². The Morgan fingerprint density at radius 2 is 1.94 bits per heavy atom.